The number of likely N-dealkylation sites (N-methyl/N-ethyl adjacent to an activating group) is 1. The number of nitrogens with two attached hydrogens (primary N) is 1. The van der Waals surface area contributed by atoms with E-state index in [1.165, 1.54) is 18.3 Å². The van der Waals surface area contributed by atoms with Crippen LogP contribution >= 0.6 is 23.2 Å². The number of piperazine rings is 1. The van der Waals surface area contributed by atoms with Crippen molar-refractivity contribution in [3.8, 4) is 16.8 Å². The molecule has 262 valence electrons. The third-order valence-corrected chi connectivity index (χ3v) is 9.98. The van der Waals surface area contributed by atoms with Gasteiger partial charge < -0.3 is 20.4 Å². The molecule has 1 saturated heterocycles. The summed E-state index contributed by atoms with van der Waals surface area (Å²) in [4.78, 5) is 54.9. The monoisotopic (exact) mass is 727 g/mol. The highest BCUT2D eigenvalue weighted by atomic mass is 35.5. The van der Waals surface area contributed by atoms with Crippen LogP contribution in [0.1, 0.15) is 57.8 Å². The summed E-state index contributed by atoms with van der Waals surface area (Å²) in [6.45, 7) is 12.6. The van der Waals surface area contributed by atoms with Gasteiger partial charge in [0.15, 0.2) is 11.6 Å². The zero-order chi connectivity index (χ0) is 36.7. The van der Waals surface area contributed by atoms with Gasteiger partial charge in [-0.2, -0.15) is 0 Å². The Hall–Kier alpha value is -4.62. The second-order valence-corrected chi connectivity index (χ2v) is 13.9. The zero-order valence-electron chi connectivity index (χ0n) is 28.1. The van der Waals surface area contributed by atoms with Crippen molar-refractivity contribution in [1.29, 1.82) is 0 Å². The molecular formula is C35H34Cl2F3N7O3. The van der Waals surface area contributed by atoms with E-state index in [0.29, 0.717) is 11.4 Å². The molecule has 0 spiro atoms. The molecule has 4 heterocycles. The van der Waals surface area contributed by atoms with E-state index in [-0.39, 0.29) is 52.4 Å². The number of pyridine rings is 1. The Morgan fingerprint density at radius 2 is 1.58 bits per heavy atom. The van der Waals surface area contributed by atoms with Crippen LogP contribution in [0.2, 0.25) is 10.0 Å². The Bertz CT molecular complexity index is 2160. The molecule has 6 rings (SSSR count). The molecule has 2 amide bonds. The van der Waals surface area contributed by atoms with E-state index < -0.39 is 74.3 Å². The van der Waals surface area contributed by atoms with Crippen LogP contribution in [-0.2, 0) is 9.59 Å². The van der Waals surface area contributed by atoms with Gasteiger partial charge in [-0.15, -0.1) is 0 Å². The number of anilines is 3. The van der Waals surface area contributed by atoms with E-state index in [1.807, 2.05) is 27.7 Å². The van der Waals surface area contributed by atoms with Crippen LogP contribution in [0.3, 0.4) is 0 Å². The first-order valence-electron chi connectivity index (χ1n) is 15.9. The minimum Gasteiger partial charge on any atom is -0.397 e. The first kappa shape index (κ1) is 35.2. The summed E-state index contributed by atoms with van der Waals surface area (Å²) >= 11 is 12.3. The number of benzene rings is 2. The summed E-state index contributed by atoms with van der Waals surface area (Å²) in [5.41, 5.74) is 3.60. The van der Waals surface area contributed by atoms with Crippen molar-refractivity contribution < 1.29 is 22.8 Å². The lowest BCUT2D eigenvalue weighted by atomic mass is 9.94. The van der Waals surface area contributed by atoms with Crippen molar-refractivity contribution >= 4 is 63.0 Å². The van der Waals surface area contributed by atoms with Crippen molar-refractivity contribution in [3.63, 3.8) is 0 Å². The van der Waals surface area contributed by atoms with Gasteiger partial charge in [-0.05, 0) is 37.0 Å². The van der Waals surface area contributed by atoms with Gasteiger partial charge in [-0.1, -0.05) is 57.5 Å². The largest absolute Gasteiger partial charge is 0.397 e. The molecule has 0 bridgehead atoms. The smallest absolute Gasteiger partial charge is 0.281 e. The molecule has 2 aliphatic heterocycles. The second-order valence-electron chi connectivity index (χ2n) is 13.1. The van der Waals surface area contributed by atoms with E-state index >= 15 is 18.0 Å². The fraction of sp³-hybridized carbons (Fsp3) is 0.343. The lowest BCUT2D eigenvalue weighted by Gasteiger charge is -2.50. The van der Waals surface area contributed by atoms with E-state index in [0.717, 1.165) is 27.7 Å². The average molecular weight is 729 g/mol. The topological polar surface area (TPSA) is 118 Å². The highest BCUT2D eigenvalue weighted by molar-refractivity contribution is 6.37. The molecule has 4 aromatic rings. The zero-order valence-corrected chi connectivity index (χ0v) is 29.6. The van der Waals surface area contributed by atoms with E-state index in [2.05, 4.69) is 16.5 Å². The molecule has 1 fully saturated rings. The van der Waals surface area contributed by atoms with Crippen LogP contribution in [-0.4, -0.2) is 63.5 Å². The van der Waals surface area contributed by atoms with Gasteiger partial charge in [0.05, 0.1) is 56.1 Å². The average Bonchev–Trinajstić information content (AvgIpc) is 3.06. The molecule has 2 unspecified atom stereocenters. The van der Waals surface area contributed by atoms with Gasteiger partial charge >= 0.3 is 0 Å². The van der Waals surface area contributed by atoms with E-state index in [4.69, 9.17) is 28.9 Å². The van der Waals surface area contributed by atoms with E-state index in [9.17, 15) is 9.59 Å². The lowest BCUT2D eigenvalue weighted by molar-refractivity contribution is -0.130. The lowest BCUT2D eigenvalue weighted by Crippen LogP contribution is -2.66. The Balaban J connectivity index is 1.84. The summed E-state index contributed by atoms with van der Waals surface area (Å²) in [5, 5.41) is -0.859. The second kappa shape index (κ2) is 12.6. The van der Waals surface area contributed by atoms with Gasteiger partial charge in [0.1, 0.15) is 23.9 Å². The van der Waals surface area contributed by atoms with Crippen LogP contribution in [0, 0.1) is 17.5 Å². The Labute approximate surface area is 295 Å². The molecule has 50 heavy (non-hydrogen) atoms. The summed E-state index contributed by atoms with van der Waals surface area (Å²) in [6, 6.07) is 0.513. The highest BCUT2D eigenvalue weighted by Gasteiger charge is 2.46. The first-order chi connectivity index (χ1) is 23.5. The number of aromatic nitrogens is 3. The molecule has 2 atom stereocenters. The minimum atomic E-state index is -1.33. The molecular weight excluding hydrogens is 694 g/mol. The molecule has 2 N–H and O–H groups in total. The summed E-state index contributed by atoms with van der Waals surface area (Å²) in [5.74, 6) is -5.30. The molecule has 2 aromatic carbocycles. The van der Waals surface area contributed by atoms with Gasteiger partial charge in [0.2, 0.25) is 5.91 Å². The fourth-order valence-electron chi connectivity index (χ4n) is 7.01. The Kier molecular flexibility index (Phi) is 8.88. The summed E-state index contributed by atoms with van der Waals surface area (Å²) < 4.78 is 50.9. The number of hydrogen-bond acceptors (Lipinski definition) is 7. The molecule has 2 aromatic heterocycles. The van der Waals surface area contributed by atoms with Gasteiger partial charge in [-0.25, -0.2) is 23.1 Å². The van der Waals surface area contributed by atoms with Crippen molar-refractivity contribution in [2.75, 3.05) is 35.7 Å². The number of nitrogens with zero attached hydrogens (tertiary/aromatic N) is 6. The van der Waals surface area contributed by atoms with Crippen molar-refractivity contribution in [2.45, 2.75) is 58.5 Å². The van der Waals surface area contributed by atoms with Gasteiger partial charge in [-0.3, -0.25) is 19.0 Å². The third-order valence-electron chi connectivity index (χ3n) is 9.39. The van der Waals surface area contributed by atoms with Crippen LogP contribution in [0.15, 0.2) is 35.9 Å². The third kappa shape index (κ3) is 5.12. The van der Waals surface area contributed by atoms with Crippen molar-refractivity contribution in [1.82, 2.24) is 19.4 Å². The standard InChI is InChI=1S/C35H34Cl2F3N7O3/c1-8-22(48)45-12-21-34(49)44(7)33-31(46(21)11-16(45)6)17-9-20(38)23(24-25(39)18(36)10-19(37)27(24)41)26(40)30(17)47(35(33)50)32-28(14(2)3)42-13-43-29(32)15(4)5/h8-10,13-16,21H,1,11-12,41H2,2-7H3. The number of rotatable bonds is 5. The number of nitrogen functional groups attached to an aromatic ring is 1. The first-order valence-corrected chi connectivity index (χ1v) is 16.6. The number of carbonyl (C=O) groups is 2. The molecule has 0 saturated carbocycles. The maximum Gasteiger partial charge on any atom is 0.281 e. The predicted octanol–water partition coefficient (Wildman–Crippen LogP) is 6.57. The Morgan fingerprint density at radius 1 is 0.960 bits per heavy atom. The fourth-order valence-corrected chi connectivity index (χ4v) is 7.47. The SMILES string of the molecule is C=CC(=O)N1CC2C(=O)N(C)c3c(c4cc(F)c(-c5c(N)c(Cl)cc(Cl)c5F)c(F)c4n(-c4c(C(C)C)ncnc4C(C)C)c3=O)N2CC1C. The Morgan fingerprint density at radius 3 is 2.16 bits per heavy atom. The highest BCUT2D eigenvalue weighted by Crippen LogP contribution is 2.47. The van der Waals surface area contributed by atoms with Crippen LogP contribution in [0.5, 0.6) is 0 Å². The van der Waals surface area contributed by atoms with Gasteiger partial charge in [0, 0.05) is 30.6 Å². The maximum absolute atomic E-state index is 17.6. The molecule has 2 aliphatic rings. The van der Waals surface area contributed by atoms with Crippen LogP contribution < -0.4 is 21.1 Å². The number of fused-ring (bicyclic) bond motifs is 5. The number of amides is 2. The van der Waals surface area contributed by atoms with Gasteiger partial charge in [0.25, 0.3) is 11.5 Å². The number of carbonyl (C=O) groups excluding carboxylic acids is 2. The number of halogens is 5. The molecule has 15 heteroatoms. The quantitative estimate of drug-likeness (QED) is 0.140. The molecule has 10 nitrogen and oxygen atoms in total. The van der Waals surface area contributed by atoms with Crippen molar-refractivity contribution in [2.24, 2.45) is 0 Å². The minimum absolute atomic E-state index is 0.0365. The van der Waals surface area contributed by atoms with Crippen LogP contribution in [0.4, 0.5) is 30.2 Å². The van der Waals surface area contributed by atoms with E-state index in [1.54, 1.807) is 11.8 Å². The van der Waals surface area contributed by atoms with Crippen molar-refractivity contribution in [3.05, 3.63) is 80.4 Å². The summed E-state index contributed by atoms with van der Waals surface area (Å²) in [7, 11) is 1.40. The molecule has 0 aliphatic carbocycles. The predicted molar refractivity (Wildman–Crippen MR) is 189 cm³/mol. The van der Waals surface area contributed by atoms with Crippen LogP contribution in [0.25, 0.3) is 27.7 Å². The normalized spacial score (nSPS) is 17.5. The maximum atomic E-state index is 17.6. The number of hydrogen-bond donors (Lipinski definition) is 1. The summed E-state index contributed by atoms with van der Waals surface area (Å²) in [6.07, 6.45) is 2.49. The molecule has 0 radical (unpaired) electrons.